The second kappa shape index (κ2) is 6.80. The van der Waals surface area contributed by atoms with Gasteiger partial charge in [-0.2, -0.15) is 0 Å². The van der Waals surface area contributed by atoms with Crippen LogP contribution in [0.5, 0.6) is 0 Å². The highest BCUT2D eigenvalue weighted by Crippen LogP contribution is 2.38. The van der Waals surface area contributed by atoms with Gasteiger partial charge in [0.2, 0.25) is 0 Å². The minimum Gasteiger partial charge on any atom is -0.481 e. The molecule has 3 rings (SSSR count). The van der Waals surface area contributed by atoms with E-state index >= 15 is 0 Å². The van der Waals surface area contributed by atoms with Crippen molar-refractivity contribution in [2.24, 2.45) is 5.92 Å². The number of carbonyl (C=O) groups is 3. The van der Waals surface area contributed by atoms with Gasteiger partial charge in [0.15, 0.2) is 0 Å². The Morgan fingerprint density at radius 1 is 1.29 bits per heavy atom. The number of hydrogen-bond donors (Lipinski definition) is 2. The molecule has 0 radical (unpaired) electrons. The number of likely N-dealkylation sites (tertiary alicyclic amines) is 1. The molecule has 7 nitrogen and oxygen atoms in total. The lowest BCUT2D eigenvalue weighted by molar-refractivity contribution is -0.141. The van der Waals surface area contributed by atoms with Crippen molar-refractivity contribution >= 4 is 34.3 Å². The van der Waals surface area contributed by atoms with Gasteiger partial charge >= 0.3 is 18.0 Å². The van der Waals surface area contributed by atoms with Crippen LogP contribution in [0.15, 0.2) is 0 Å². The molecule has 1 aliphatic carbocycles. The molecule has 0 bridgehead atoms. The maximum Gasteiger partial charge on any atom is 0.341 e. The highest BCUT2D eigenvalue weighted by atomic mass is 32.1. The maximum absolute atomic E-state index is 12.4. The molecule has 1 aromatic heterocycles. The smallest absolute Gasteiger partial charge is 0.341 e. The van der Waals surface area contributed by atoms with Crippen molar-refractivity contribution in [2.75, 3.05) is 25.5 Å². The predicted octanol–water partition coefficient (Wildman–Crippen LogP) is 2.35. The van der Waals surface area contributed by atoms with E-state index in [1.807, 2.05) is 0 Å². The Bertz CT molecular complexity index is 684. The van der Waals surface area contributed by atoms with E-state index < -0.39 is 17.9 Å². The molecular formula is C16H20N2O5S. The van der Waals surface area contributed by atoms with Gasteiger partial charge in [-0.25, -0.2) is 9.59 Å². The van der Waals surface area contributed by atoms with Gasteiger partial charge in [-0.3, -0.25) is 10.1 Å². The van der Waals surface area contributed by atoms with E-state index in [2.05, 4.69) is 5.32 Å². The van der Waals surface area contributed by atoms with Gasteiger partial charge in [0.25, 0.3) is 0 Å². The van der Waals surface area contributed by atoms with Gasteiger partial charge in [-0.1, -0.05) is 0 Å². The van der Waals surface area contributed by atoms with Crippen molar-refractivity contribution in [3.8, 4) is 0 Å². The molecule has 2 heterocycles. The van der Waals surface area contributed by atoms with Crippen LogP contribution in [0.4, 0.5) is 9.80 Å². The van der Waals surface area contributed by atoms with Crippen LogP contribution in [-0.2, 0) is 22.4 Å². The molecule has 130 valence electrons. The fourth-order valence-corrected chi connectivity index (χ4v) is 4.56. The van der Waals surface area contributed by atoms with Gasteiger partial charge in [0.05, 0.1) is 18.6 Å². The largest absolute Gasteiger partial charge is 0.481 e. The third kappa shape index (κ3) is 3.10. The van der Waals surface area contributed by atoms with Gasteiger partial charge in [-0.05, 0) is 37.7 Å². The fraction of sp³-hybridized carbons (Fsp3) is 0.562. The Morgan fingerprint density at radius 3 is 2.71 bits per heavy atom. The van der Waals surface area contributed by atoms with E-state index in [-0.39, 0.29) is 12.6 Å². The van der Waals surface area contributed by atoms with E-state index in [1.54, 1.807) is 0 Å². The number of nitrogens with zero attached hydrogens (tertiary/aromatic N) is 1. The number of hydrogen-bond acceptors (Lipinski definition) is 5. The molecule has 2 N–H and O–H groups in total. The zero-order chi connectivity index (χ0) is 17.3. The Labute approximate surface area is 143 Å². The molecule has 1 unspecified atom stereocenters. The van der Waals surface area contributed by atoms with Crippen LogP contribution in [0.3, 0.4) is 0 Å². The van der Waals surface area contributed by atoms with Crippen molar-refractivity contribution in [2.45, 2.75) is 32.1 Å². The highest BCUT2D eigenvalue weighted by Gasteiger charge is 2.32. The van der Waals surface area contributed by atoms with E-state index in [0.29, 0.717) is 23.5 Å². The summed E-state index contributed by atoms with van der Waals surface area (Å²) in [7, 11) is 1.33. The third-order valence-corrected chi connectivity index (χ3v) is 5.81. The monoisotopic (exact) mass is 352 g/mol. The average molecular weight is 352 g/mol. The zero-order valence-corrected chi connectivity index (χ0v) is 14.3. The topological polar surface area (TPSA) is 95.9 Å². The Kier molecular flexibility index (Phi) is 4.75. The lowest BCUT2D eigenvalue weighted by atomic mass is 9.95. The Morgan fingerprint density at radius 2 is 2.04 bits per heavy atom. The molecule has 2 amide bonds. The second-order valence-electron chi connectivity index (χ2n) is 6.11. The summed E-state index contributed by atoms with van der Waals surface area (Å²) in [5, 5.41) is 12.4. The number of thiophene rings is 1. The summed E-state index contributed by atoms with van der Waals surface area (Å²) in [5.74, 6) is -1.84. The number of fused-ring (bicyclic) bond motifs is 1. The van der Waals surface area contributed by atoms with Crippen molar-refractivity contribution in [1.29, 1.82) is 0 Å². The summed E-state index contributed by atoms with van der Waals surface area (Å²) in [6, 6.07) is -0.359. The van der Waals surface area contributed by atoms with Crippen LogP contribution in [0.2, 0.25) is 0 Å². The number of carboxylic acids is 1. The quantitative estimate of drug-likeness (QED) is 0.814. The molecule has 0 saturated carbocycles. The first-order chi connectivity index (χ1) is 11.5. The number of methoxy groups -OCH3 is 1. The molecule has 1 saturated heterocycles. The highest BCUT2D eigenvalue weighted by molar-refractivity contribution is 7.17. The first-order valence-electron chi connectivity index (χ1n) is 8.02. The first kappa shape index (κ1) is 16.8. The second-order valence-corrected chi connectivity index (χ2v) is 7.21. The summed E-state index contributed by atoms with van der Waals surface area (Å²) in [4.78, 5) is 38.2. The maximum atomic E-state index is 12.4. The number of carboxylic acid groups (broad SMARTS) is 1. The number of ether oxygens (including phenoxy) is 1. The molecule has 8 heteroatoms. The molecule has 0 aromatic carbocycles. The summed E-state index contributed by atoms with van der Waals surface area (Å²) < 4.78 is 4.88. The van der Waals surface area contributed by atoms with E-state index in [4.69, 9.17) is 9.84 Å². The number of amides is 2. The lowest BCUT2D eigenvalue weighted by Crippen LogP contribution is -2.34. The zero-order valence-electron chi connectivity index (χ0n) is 13.5. The minimum absolute atomic E-state index is 0.194. The van der Waals surface area contributed by atoms with Crippen LogP contribution < -0.4 is 5.32 Å². The van der Waals surface area contributed by atoms with Gasteiger partial charge < -0.3 is 14.7 Å². The summed E-state index contributed by atoms with van der Waals surface area (Å²) in [6.07, 6.45) is 4.27. The number of nitrogens with one attached hydrogen (secondary N) is 1. The fourth-order valence-electron chi connectivity index (χ4n) is 3.29. The standard InChI is InChI=1S/C16H20N2O5S/c1-23-15(21)12-10-4-2-3-5-11(10)24-13(12)17-16(22)18-7-6-9(8-18)14(19)20/h9H,2-8H2,1H3,(H,17,22)(H,19,20). The van der Waals surface area contributed by atoms with E-state index in [1.165, 1.54) is 23.3 Å². The van der Waals surface area contributed by atoms with Gasteiger partial charge in [-0.15, -0.1) is 11.3 Å². The first-order valence-corrected chi connectivity index (χ1v) is 8.84. The van der Waals surface area contributed by atoms with Crippen molar-refractivity contribution < 1.29 is 24.2 Å². The summed E-state index contributed by atoms with van der Waals surface area (Å²) in [6.45, 7) is 0.598. The number of aryl methyl sites for hydroxylation is 1. The SMILES string of the molecule is COC(=O)c1c(NC(=O)N2CCC(C(=O)O)C2)sc2c1CCCC2. The van der Waals surface area contributed by atoms with Crippen molar-refractivity contribution in [3.63, 3.8) is 0 Å². The molecule has 2 aliphatic rings. The molecule has 24 heavy (non-hydrogen) atoms. The average Bonchev–Trinajstić information content (AvgIpc) is 3.18. The molecular weight excluding hydrogens is 332 g/mol. The van der Waals surface area contributed by atoms with Gasteiger partial charge in [0.1, 0.15) is 5.00 Å². The van der Waals surface area contributed by atoms with Crippen LogP contribution in [0.25, 0.3) is 0 Å². The van der Waals surface area contributed by atoms with Crippen molar-refractivity contribution in [1.82, 2.24) is 4.90 Å². The number of anilines is 1. The lowest BCUT2D eigenvalue weighted by Gasteiger charge is -2.16. The molecule has 0 spiro atoms. The molecule has 1 atom stereocenters. The Balaban J connectivity index is 1.79. The number of carbonyl (C=O) groups excluding carboxylic acids is 2. The van der Waals surface area contributed by atoms with Crippen LogP contribution in [0, 0.1) is 5.92 Å². The van der Waals surface area contributed by atoms with Gasteiger partial charge in [0, 0.05) is 18.0 Å². The Hall–Kier alpha value is -2.09. The predicted molar refractivity (Wildman–Crippen MR) is 88.6 cm³/mol. The number of urea groups is 1. The van der Waals surface area contributed by atoms with E-state index in [9.17, 15) is 14.4 Å². The minimum atomic E-state index is -0.882. The van der Waals surface area contributed by atoms with Crippen LogP contribution in [-0.4, -0.2) is 48.2 Å². The number of esters is 1. The van der Waals surface area contributed by atoms with Crippen LogP contribution in [0.1, 0.15) is 40.1 Å². The number of aliphatic carboxylic acids is 1. The van der Waals surface area contributed by atoms with Crippen LogP contribution >= 0.6 is 11.3 Å². The summed E-state index contributed by atoms with van der Waals surface area (Å²) >= 11 is 1.42. The van der Waals surface area contributed by atoms with E-state index in [0.717, 1.165) is 36.1 Å². The molecule has 1 fully saturated rings. The molecule has 1 aromatic rings. The number of rotatable bonds is 3. The molecule has 1 aliphatic heterocycles. The van der Waals surface area contributed by atoms with Crippen molar-refractivity contribution in [3.05, 3.63) is 16.0 Å². The normalized spacial score (nSPS) is 19.7. The summed E-state index contributed by atoms with van der Waals surface area (Å²) in [5.41, 5.74) is 1.44. The third-order valence-electron chi connectivity index (χ3n) is 4.61.